The van der Waals surface area contributed by atoms with E-state index in [1.165, 1.54) is 25.9 Å². The number of likely N-dealkylation sites (tertiary alicyclic amines) is 2. The van der Waals surface area contributed by atoms with Crippen molar-refractivity contribution in [3.05, 3.63) is 29.6 Å². The molecule has 5 heteroatoms. The second-order valence-corrected chi connectivity index (χ2v) is 7.37. The maximum atomic E-state index is 12.8. The molecule has 3 saturated heterocycles. The predicted octanol–water partition coefficient (Wildman–Crippen LogP) is 1.83. The molecule has 24 heavy (non-hydrogen) atoms. The summed E-state index contributed by atoms with van der Waals surface area (Å²) in [6.07, 6.45) is 5.23. The Morgan fingerprint density at radius 3 is 2.79 bits per heavy atom. The van der Waals surface area contributed by atoms with Crippen LogP contribution in [-0.4, -0.2) is 66.1 Å². The van der Waals surface area contributed by atoms with Crippen LogP contribution in [0.25, 0.3) is 0 Å². The molecule has 1 amide bonds. The smallest absolute Gasteiger partial charge is 0.255 e. The Balaban J connectivity index is 1.46. The second kappa shape index (κ2) is 6.81. The highest BCUT2D eigenvalue weighted by Crippen LogP contribution is 2.34. The highest BCUT2D eigenvalue weighted by Gasteiger charge is 2.44. The van der Waals surface area contributed by atoms with Crippen LogP contribution in [0.3, 0.4) is 0 Å². The molecule has 3 aliphatic rings. The summed E-state index contributed by atoms with van der Waals surface area (Å²) >= 11 is 0. The molecule has 3 aliphatic heterocycles. The zero-order valence-electron chi connectivity index (χ0n) is 14.5. The Labute approximate surface area is 144 Å². The van der Waals surface area contributed by atoms with E-state index < -0.39 is 0 Å². The maximum absolute atomic E-state index is 12.8. The van der Waals surface area contributed by atoms with Crippen molar-refractivity contribution in [1.29, 1.82) is 0 Å². The van der Waals surface area contributed by atoms with Crippen molar-refractivity contribution in [2.75, 3.05) is 39.4 Å². The van der Waals surface area contributed by atoms with E-state index in [1.54, 1.807) is 6.20 Å². The molecule has 3 fully saturated rings. The summed E-state index contributed by atoms with van der Waals surface area (Å²) in [7, 11) is 0. The van der Waals surface area contributed by atoms with Crippen LogP contribution in [0.15, 0.2) is 18.3 Å². The van der Waals surface area contributed by atoms with Crippen LogP contribution in [0.5, 0.6) is 0 Å². The number of aryl methyl sites for hydroxylation is 1. The number of carbonyl (C=O) groups is 1. The lowest BCUT2D eigenvalue weighted by Crippen LogP contribution is -2.49. The number of hydrogen-bond acceptors (Lipinski definition) is 4. The Bertz CT molecular complexity index is 583. The molecular weight excluding hydrogens is 302 g/mol. The van der Waals surface area contributed by atoms with Crippen molar-refractivity contribution in [2.24, 2.45) is 11.8 Å². The van der Waals surface area contributed by atoms with Gasteiger partial charge in [0.2, 0.25) is 0 Å². The molecule has 130 valence electrons. The minimum atomic E-state index is 0.125. The maximum Gasteiger partial charge on any atom is 0.255 e. The lowest BCUT2D eigenvalue weighted by atomic mass is 9.87. The van der Waals surface area contributed by atoms with Gasteiger partial charge in [-0.3, -0.25) is 14.7 Å². The van der Waals surface area contributed by atoms with Gasteiger partial charge in [0.05, 0.1) is 18.8 Å². The first-order chi connectivity index (χ1) is 11.8. The van der Waals surface area contributed by atoms with E-state index in [1.807, 2.05) is 17.0 Å². The third kappa shape index (κ3) is 2.95. The Morgan fingerprint density at radius 1 is 1.25 bits per heavy atom. The molecular formula is C19H27N3O2. The molecule has 0 aliphatic carbocycles. The Hall–Kier alpha value is -1.46. The molecule has 0 radical (unpaired) electrons. The quantitative estimate of drug-likeness (QED) is 0.849. The van der Waals surface area contributed by atoms with Gasteiger partial charge in [0.1, 0.15) is 0 Å². The number of fused-ring (bicyclic) bond motifs is 1. The van der Waals surface area contributed by atoms with Crippen molar-refractivity contribution < 1.29 is 9.53 Å². The highest BCUT2D eigenvalue weighted by molar-refractivity contribution is 5.94. The van der Waals surface area contributed by atoms with E-state index in [4.69, 9.17) is 4.74 Å². The summed E-state index contributed by atoms with van der Waals surface area (Å²) in [5, 5.41) is 0. The summed E-state index contributed by atoms with van der Waals surface area (Å²) in [5.41, 5.74) is 1.74. The van der Waals surface area contributed by atoms with Gasteiger partial charge in [-0.1, -0.05) is 6.92 Å². The average Bonchev–Trinajstić information content (AvgIpc) is 3.30. The predicted molar refractivity (Wildman–Crippen MR) is 91.9 cm³/mol. The lowest BCUT2D eigenvalue weighted by Gasteiger charge is -2.38. The molecule has 1 aromatic heterocycles. The summed E-state index contributed by atoms with van der Waals surface area (Å²) in [4.78, 5) is 21.8. The number of carbonyl (C=O) groups excluding carboxylic acids is 1. The highest BCUT2D eigenvalue weighted by atomic mass is 16.5. The van der Waals surface area contributed by atoms with Crippen molar-refractivity contribution >= 4 is 5.91 Å². The van der Waals surface area contributed by atoms with Gasteiger partial charge in [-0.25, -0.2) is 0 Å². The van der Waals surface area contributed by atoms with E-state index in [0.29, 0.717) is 23.4 Å². The SMILES string of the molecule is CCc1ccc(C(=O)N2C[C@@H]3COC[C@@H](N4CCCC4)[C@@H]3C2)cn1. The molecule has 0 spiro atoms. The number of aromatic nitrogens is 1. The number of pyridine rings is 1. The second-order valence-electron chi connectivity index (χ2n) is 7.37. The van der Waals surface area contributed by atoms with Crippen LogP contribution in [-0.2, 0) is 11.2 Å². The standard InChI is InChI=1S/C19H27N3O2/c1-2-16-6-5-14(9-20-16)19(23)22-10-15-12-24-13-18(17(15)11-22)21-7-3-4-8-21/h5-6,9,15,17-18H,2-4,7-8,10-13H2,1H3/t15-,17-,18-/m1/s1. The lowest BCUT2D eigenvalue weighted by molar-refractivity contribution is -0.0308. The van der Waals surface area contributed by atoms with Crippen LogP contribution < -0.4 is 0 Å². The molecule has 0 N–H and O–H groups in total. The topological polar surface area (TPSA) is 45.7 Å². The molecule has 0 saturated carbocycles. The normalized spacial score (nSPS) is 30.5. The van der Waals surface area contributed by atoms with Gasteiger partial charge in [0, 0.05) is 42.9 Å². The zero-order valence-corrected chi connectivity index (χ0v) is 14.5. The monoisotopic (exact) mass is 329 g/mol. The Morgan fingerprint density at radius 2 is 2.08 bits per heavy atom. The van der Waals surface area contributed by atoms with Gasteiger partial charge in [-0.2, -0.15) is 0 Å². The van der Waals surface area contributed by atoms with Gasteiger partial charge in [-0.15, -0.1) is 0 Å². The van der Waals surface area contributed by atoms with E-state index in [2.05, 4.69) is 16.8 Å². The molecule has 4 heterocycles. The minimum absolute atomic E-state index is 0.125. The average molecular weight is 329 g/mol. The van der Waals surface area contributed by atoms with E-state index >= 15 is 0 Å². The summed E-state index contributed by atoms with van der Waals surface area (Å²) < 4.78 is 5.88. The van der Waals surface area contributed by atoms with Crippen LogP contribution in [0, 0.1) is 11.8 Å². The van der Waals surface area contributed by atoms with Gasteiger partial charge >= 0.3 is 0 Å². The third-order valence-electron chi connectivity index (χ3n) is 5.94. The number of ether oxygens (including phenoxy) is 1. The van der Waals surface area contributed by atoms with Crippen molar-refractivity contribution in [3.63, 3.8) is 0 Å². The van der Waals surface area contributed by atoms with Gasteiger partial charge in [-0.05, 0) is 44.5 Å². The number of nitrogens with zero attached hydrogens (tertiary/aromatic N) is 3. The molecule has 0 unspecified atom stereocenters. The van der Waals surface area contributed by atoms with Crippen molar-refractivity contribution in [2.45, 2.75) is 32.2 Å². The fourth-order valence-electron chi connectivity index (χ4n) is 4.53. The molecule has 5 nitrogen and oxygen atoms in total. The van der Waals surface area contributed by atoms with Crippen molar-refractivity contribution in [1.82, 2.24) is 14.8 Å². The third-order valence-corrected chi connectivity index (χ3v) is 5.94. The van der Waals surface area contributed by atoms with Crippen molar-refractivity contribution in [3.8, 4) is 0 Å². The van der Waals surface area contributed by atoms with Gasteiger partial charge < -0.3 is 9.64 Å². The van der Waals surface area contributed by atoms with Crippen LogP contribution in [0.2, 0.25) is 0 Å². The van der Waals surface area contributed by atoms with Gasteiger partial charge in [0.25, 0.3) is 5.91 Å². The first-order valence-corrected chi connectivity index (χ1v) is 9.32. The number of amides is 1. The first kappa shape index (κ1) is 16.0. The summed E-state index contributed by atoms with van der Waals surface area (Å²) in [6, 6.07) is 4.38. The van der Waals surface area contributed by atoms with E-state index in [0.717, 1.165) is 38.4 Å². The summed E-state index contributed by atoms with van der Waals surface area (Å²) in [5.74, 6) is 1.17. The van der Waals surface area contributed by atoms with Crippen LogP contribution in [0.4, 0.5) is 0 Å². The fourth-order valence-corrected chi connectivity index (χ4v) is 4.53. The molecule has 4 rings (SSSR count). The largest absolute Gasteiger partial charge is 0.379 e. The summed E-state index contributed by atoms with van der Waals surface area (Å²) in [6.45, 7) is 7.77. The fraction of sp³-hybridized carbons (Fsp3) is 0.684. The Kier molecular flexibility index (Phi) is 4.55. The van der Waals surface area contributed by atoms with Gasteiger partial charge in [0.15, 0.2) is 0 Å². The molecule has 1 aromatic rings. The zero-order chi connectivity index (χ0) is 16.5. The van der Waals surface area contributed by atoms with Crippen LogP contribution in [0.1, 0.15) is 35.8 Å². The molecule has 0 bridgehead atoms. The number of rotatable bonds is 3. The van der Waals surface area contributed by atoms with Crippen LogP contribution >= 0.6 is 0 Å². The first-order valence-electron chi connectivity index (χ1n) is 9.32. The minimum Gasteiger partial charge on any atom is -0.379 e. The van der Waals surface area contributed by atoms with E-state index in [-0.39, 0.29) is 5.91 Å². The van der Waals surface area contributed by atoms with E-state index in [9.17, 15) is 4.79 Å². The molecule has 0 aromatic carbocycles. The molecule has 3 atom stereocenters. The number of hydrogen-bond donors (Lipinski definition) is 0.